The first-order chi connectivity index (χ1) is 31.0. The van der Waals surface area contributed by atoms with E-state index >= 15 is 4.39 Å². The van der Waals surface area contributed by atoms with Crippen molar-refractivity contribution in [3.05, 3.63) is 123 Å². The molecule has 66 heavy (non-hydrogen) atoms. The van der Waals surface area contributed by atoms with Gasteiger partial charge in [-0.3, -0.25) is 9.79 Å². The minimum atomic E-state index is -4.10. The smallest absolute Gasteiger partial charge is 0.481 e. The predicted octanol–water partition coefficient (Wildman–Crippen LogP) is 8.06. The molecule has 15 nitrogen and oxygen atoms in total. The number of ketones is 1. The van der Waals surface area contributed by atoms with Gasteiger partial charge < -0.3 is 29.4 Å². The molecule has 2 aliphatic heterocycles. The summed E-state index contributed by atoms with van der Waals surface area (Å²) in [5.41, 5.74) is 5.64. The molecule has 2 fully saturated rings. The van der Waals surface area contributed by atoms with E-state index in [0.29, 0.717) is 34.3 Å². The van der Waals surface area contributed by atoms with Gasteiger partial charge in [-0.1, -0.05) is 18.2 Å². The summed E-state index contributed by atoms with van der Waals surface area (Å²) in [6, 6.07) is 13.5. The lowest BCUT2D eigenvalue weighted by molar-refractivity contribution is 0.00578. The van der Waals surface area contributed by atoms with Gasteiger partial charge in [-0.15, -0.1) is 0 Å². The van der Waals surface area contributed by atoms with E-state index in [2.05, 4.69) is 35.9 Å². The molecule has 350 valence electrons. The highest BCUT2D eigenvalue weighted by atomic mass is 79.9. The molecule has 1 amide bonds. The van der Waals surface area contributed by atoms with Crippen LogP contribution in [0.4, 0.5) is 13.6 Å². The van der Waals surface area contributed by atoms with Gasteiger partial charge >= 0.3 is 13.2 Å². The van der Waals surface area contributed by atoms with E-state index in [9.17, 15) is 22.4 Å². The number of aromatic nitrogens is 4. The van der Waals surface area contributed by atoms with Crippen LogP contribution in [0, 0.1) is 11.8 Å². The van der Waals surface area contributed by atoms with E-state index in [0.717, 1.165) is 29.2 Å². The molecule has 5 aromatic rings. The first kappa shape index (κ1) is 49.9. The number of amides is 1. The number of hydrogen-bond acceptors (Lipinski definition) is 13. The Kier molecular flexibility index (Phi) is 15.2. The molecule has 2 saturated heterocycles. The van der Waals surface area contributed by atoms with Crippen LogP contribution in [0.5, 0.6) is 5.88 Å². The summed E-state index contributed by atoms with van der Waals surface area (Å²) >= 11 is 3.30. The van der Waals surface area contributed by atoms with Crippen molar-refractivity contribution in [2.24, 2.45) is 10.7 Å². The number of pyridine rings is 3. The van der Waals surface area contributed by atoms with Crippen LogP contribution in [0.25, 0.3) is 11.0 Å². The van der Waals surface area contributed by atoms with Crippen LogP contribution in [-0.4, -0.2) is 100 Å². The third-order valence-electron chi connectivity index (χ3n) is 11.3. The number of carbonyl (C=O) groups is 2. The fraction of sp³-hybridized carbons (Fsp3) is 0.391. The Morgan fingerprint density at radius 1 is 0.985 bits per heavy atom. The van der Waals surface area contributed by atoms with Crippen LogP contribution in [-0.2, 0) is 36.9 Å². The van der Waals surface area contributed by atoms with E-state index in [1.165, 1.54) is 49.8 Å². The lowest BCUT2D eigenvalue weighted by atomic mass is 9.79. The molecule has 4 aromatic heterocycles. The number of piperidine rings is 1. The maximum Gasteiger partial charge on any atom is 0.497 e. The van der Waals surface area contributed by atoms with Gasteiger partial charge in [0.25, 0.3) is 10.0 Å². The first-order valence-electron chi connectivity index (χ1n) is 21.2. The molecule has 2 N–H and O–H groups in total. The van der Waals surface area contributed by atoms with E-state index in [1.54, 1.807) is 35.4 Å². The van der Waals surface area contributed by atoms with Gasteiger partial charge in [0, 0.05) is 58.3 Å². The Bertz CT molecular complexity index is 2740. The lowest BCUT2D eigenvalue weighted by Gasteiger charge is -2.32. The van der Waals surface area contributed by atoms with Crippen molar-refractivity contribution in [1.29, 1.82) is 0 Å². The number of ether oxygens (including phenoxy) is 2. The molecule has 6 heterocycles. The molecule has 0 aliphatic carbocycles. The summed E-state index contributed by atoms with van der Waals surface area (Å²) < 4.78 is 79.5. The molecule has 0 atom stereocenters. The number of methoxy groups -OCH3 is 1. The fourth-order valence-electron chi connectivity index (χ4n) is 7.02. The second kappa shape index (κ2) is 20.1. The number of fused-ring (bicyclic) bond motifs is 1. The molecule has 0 radical (unpaired) electrons. The number of rotatable bonds is 11. The van der Waals surface area contributed by atoms with Gasteiger partial charge in [-0.2, -0.15) is 4.39 Å². The summed E-state index contributed by atoms with van der Waals surface area (Å²) in [6.07, 6.45) is 8.65. The second-order valence-corrected chi connectivity index (χ2v) is 20.4. The van der Waals surface area contributed by atoms with Gasteiger partial charge in [0.2, 0.25) is 11.8 Å². The van der Waals surface area contributed by atoms with Gasteiger partial charge in [-0.05, 0) is 133 Å². The van der Waals surface area contributed by atoms with Crippen molar-refractivity contribution in [3.8, 4) is 5.88 Å². The quantitative estimate of drug-likeness (QED) is 0.0581. The highest BCUT2D eigenvalue weighted by Gasteiger charge is 2.52. The largest absolute Gasteiger partial charge is 0.497 e. The molecule has 0 saturated carbocycles. The number of benzene rings is 1. The topological polar surface area (TPSA) is 190 Å². The summed E-state index contributed by atoms with van der Waals surface area (Å²) in [7, 11) is -3.21. The predicted molar refractivity (Wildman–Crippen MR) is 250 cm³/mol. The Balaban J connectivity index is 0.000000234. The Labute approximate surface area is 392 Å². The van der Waals surface area contributed by atoms with Crippen LogP contribution in [0.1, 0.15) is 88.5 Å². The minimum absolute atomic E-state index is 0.00736. The zero-order valence-electron chi connectivity index (χ0n) is 38.0. The van der Waals surface area contributed by atoms with E-state index in [1.807, 2.05) is 48.5 Å². The Hall–Kier alpha value is -5.57. The maximum absolute atomic E-state index is 15.1. The van der Waals surface area contributed by atoms with E-state index in [4.69, 9.17) is 24.5 Å². The van der Waals surface area contributed by atoms with Crippen LogP contribution in [0.2, 0.25) is 0 Å². The highest BCUT2D eigenvalue weighted by Crippen LogP contribution is 2.38. The van der Waals surface area contributed by atoms with Crippen molar-refractivity contribution in [2.45, 2.75) is 102 Å². The zero-order chi connectivity index (χ0) is 48.2. The van der Waals surface area contributed by atoms with E-state index in [-0.39, 0.29) is 57.9 Å². The van der Waals surface area contributed by atoms with Gasteiger partial charge in [-0.25, -0.2) is 36.5 Å². The van der Waals surface area contributed by atoms with Crippen molar-refractivity contribution in [3.63, 3.8) is 0 Å². The highest BCUT2D eigenvalue weighted by molar-refractivity contribution is 9.10. The van der Waals surface area contributed by atoms with Crippen molar-refractivity contribution in [2.75, 3.05) is 20.2 Å². The summed E-state index contributed by atoms with van der Waals surface area (Å²) in [4.78, 5) is 44.0. The number of nitrogens with zero attached hydrogens (tertiary/aromatic N) is 6. The van der Waals surface area contributed by atoms with Crippen LogP contribution in [0.15, 0.2) is 99.2 Å². The van der Waals surface area contributed by atoms with Gasteiger partial charge in [0.05, 0.1) is 46.6 Å². The Morgan fingerprint density at radius 2 is 1.65 bits per heavy atom. The number of nitrogens with two attached hydrogens (primary N) is 1. The number of allylic oxidation sites excluding steroid dienone is 1. The molecule has 0 spiro atoms. The molecule has 0 bridgehead atoms. The summed E-state index contributed by atoms with van der Waals surface area (Å²) in [5, 5.41) is 0.225. The molecule has 0 unspecified atom stereocenters. The fourth-order valence-corrected chi connectivity index (χ4v) is 8.70. The van der Waals surface area contributed by atoms with Crippen molar-refractivity contribution < 1.29 is 45.6 Å². The average molecular weight is 993 g/mol. The van der Waals surface area contributed by atoms with Crippen molar-refractivity contribution in [1.82, 2.24) is 23.8 Å². The number of carbonyl (C=O) groups excluding carboxylic acids is 2. The van der Waals surface area contributed by atoms with Crippen LogP contribution < -0.4 is 10.5 Å². The third kappa shape index (κ3) is 11.5. The zero-order valence-corrected chi connectivity index (χ0v) is 40.5. The molecular weight excluding hydrogens is 939 g/mol. The number of hydrogen-bond donors (Lipinski definition) is 1. The van der Waals surface area contributed by atoms with Crippen LogP contribution >= 0.6 is 15.9 Å². The number of likely N-dealkylation sites (tertiary alicyclic amines) is 1. The maximum atomic E-state index is 15.1. The number of halogens is 3. The monoisotopic (exact) mass is 991 g/mol. The summed E-state index contributed by atoms with van der Waals surface area (Å²) in [6.45, 7) is 14.9. The first-order valence-corrected chi connectivity index (χ1v) is 23.4. The number of aliphatic imine (C=N–C) groups is 1. The molecule has 2 aliphatic rings. The van der Waals surface area contributed by atoms with Crippen molar-refractivity contribution >= 4 is 62.2 Å². The van der Waals surface area contributed by atoms with Gasteiger partial charge in [0.15, 0.2) is 11.4 Å². The van der Waals surface area contributed by atoms with Crippen LogP contribution in [0.3, 0.4) is 0 Å². The molecule has 1 aromatic carbocycles. The Morgan fingerprint density at radius 3 is 2.26 bits per heavy atom. The van der Waals surface area contributed by atoms with Gasteiger partial charge in [0.1, 0.15) is 11.4 Å². The summed E-state index contributed by atoms with van der Waals surface area (Å²) in [5.74, 6) is -2.04. The molecule has 7 rings (SSSR count). The SMILES string of the molecule is CC(C)(C)OC(=O)N1CCC(N=CC(=CN)B2OC(C)(C)C(C)(C)O2)CC1.COc1ncc(F)cc1CCc1ccc(C(=O)c2cn(S(=O)(=O)c3ccccc3)c3ncc(Br)cc23)c(F)n1. The minimum Gasteiger partial charge on any atom is -0.481 e. The average Bonchev–Trinajstić information content (AvgIpc) is 3.75. The molecule has 20 heteroatoms. The second-order valence-electron chi connectivity index (χ2n) is 17.7. The van der Waals surface area contributed by atoms with E-state index < -0.39 is 51.5 Å². The third-order valence-corrected chi connectivity index (χ3v) is 13.4. The standard InChI is InChI=1S/C27H19BrF2N4O4S.C19H34BN3O4/c1-38-27-16(11-18(29)14-32-27)7-8-19-9-10-21(25(30)33-19)24(35)23-15-34(26-22(23)12-17(28)13-31-26)39(36,37)20-5-3-2-4-6-20;1-17(2,3)25-16(24)23-10-8-15(9-11-23)22-13-14(12-21)20-26-18(4,5)19(6,7)27-20/h2-6,9-15H,7-8H2,1H3;12-13,15H,8-11,21H2,1-7H3. The lowest BCUT2D eigenvalue weighted by Crippen LogP contribution is -2.42. The number of aryl methyl sites for hydroxylation is 2. The molecular formula is C46H53BBrF2N7O8S. The normalized spacial score (nSPS) is 16.6.